The zero-order valence-electron chi connectivity index (χ0n) is 18.1. The highest BCUT2D eigenvalue weighted by molar-refractivity contribution is 7.81. The summed E-state index contributed by atoms with van der Waals surface area (Å²) in [7, 11) is -3.91. The Morgan fingerprint density at radius 1 is 0.852 bits per heavy atom. The summed E-state index contributed by atoms with van der Waals surface area (Å²) in [6.45, 7) is 6.65. The maximum atomic E-state index is 12.3. The maximum Gasteiger partial charge on any atom is 0.400 e. The average Bonchev–Trinajstić information content (AvgIpc) is 2.66. The number of unbranched alkanes of at least 4 members (excludes halogenated alkanes) is 9. The van der Waals surface area contributed by atoms with Crippen molar-refractivity contribution in [3.05, 3.63) is 0 Å². The molecule has 162 valence electrons. The van der Waals surface area contributed by atoms with Crippen molar-refractivity contribution in [3.8, 4) is 0 Å². The summed E-state index contributed by atoms with van der Waals surface area (Å²) in [5, 5.41) is 0. The van der Waals surface area contributed by atoms with Crippen LogP contribution in [-0.2, 0) is 18.8 Å². The first kappa shape index (κ1) is 24.9. The van der Waals surface area contributed by atoms with Gasteiger partial charge in [-0.25, -0.2) is 8.37 Å². The highest BCUT2D eigenvalue weighted by Gasteiger charge is 2.43. The van der Waals surface area contributed by atoms with E-state index in [1.54, 1.807) is 0 Å². The number of hydrogen-bond donors (Lipinski definition) is 0. The molecule has 5 heteroatoms. The molecule has 1 rings (SSSR count). The van der Waals surface area contributed by atoms with Gasteiger partial charge in [-0.3, -0.25) is 0 Å². The van der Waals surface area contributed by atoms with Crippen molar-refractivity contribution in [3.63, 3.8) is 0 Å². The topological polar surface area (TPSA) is 52.6 Å². The van der Waals surface area contributed by atoms with Gasteiger partial charge in [0.05, 0.1) is 12.2 Å². The van der Waals surface area contributed by atoms with Gasteiger partial charge >= 0.3 is 10.4 Å². The fourth-order valence-corrected chi connectivity index (χ4v) is 5.58. The van der Waals surface area contributed by atoms with Crippen LogP contribution in [0, 0.1) is 5.92 Å². The molecule has 0 aromatic rings. The van der Waals surface area contributed by atoms with Crippen LogP contribution in [-0.4, -0.2) is 20.6 Å². The Kier molecular flexibility index (Phi) is 12.9. The highest BCUT2D eigenvalue weighted by atomic mass is 32.3. The van der Waals surface area contributed by atoms with E-state index in [2.05, 4.69) is 13.8 Å². The minimum Gasteiger partial charge on any atom is -0.248 e. The molecule has 0 N–H and O–H groups in total. The normalized spacial score (nSPS) is 23.6. The summed E-state index contributed by atoms with van der Waals surface area (Å²) in [6.07, 6.45) is 18.0. The second kappa shape index (κ2) is 13.9. The van der Waals surface area contributed by atoms with Gasteiger partial charge in [0.25, 0.3) is 0 Å². The first-order chi connectivity index (χ1) is 13.0. The van der Waals surface area contributed by atoms with E-state index in [0.29, 0.717) is 5.92 Å². The number of hydrogen-bond acceptors (Lipinski definition) is 4. The van der Waals surface area contributed by atoms with E-state index in [0.717, 1.165) is 51.4 Å². The lowest BCUT2D eigenvalue weighted by atomic mass is 9.73. The van der Waals surface area contributed by atoms with Gasteiger partial charge in [-0.2, -0.15) is 8.42 Å². The molecule has 0 bridgehead atoms. The third kappa shape index (κ3) is 9.76. The fourth-order valence-electron chi connectivity index (χ4n) is 4.47. The summed E-state index contributed by atoms with van der Waals surface area (Å²) in [6, 6.07) is 0. The van der Waals surface area contributed by atoms with Crippen molar-refractivity contribution < 1.29 is 16.8 Å². The van der Waals surface area contributed by atoms with Crippen molar-refractivity contribution in [2.24, 2.45) is 5.92 Å². The lowest BCUT2D eigenvalue weighted by Gasteiger charge is -2.42. The van der Waals surface area contributed by atoms with Crippen LogP contribution < -0.4 is 0 Å². The standard InChI is InChI=1S/C22H44O4S/c1-4-7-8-9-10-11-12-13-14-17-20-25-27(23,24)26-22(6-3)19-16-15-18-21(22)5-2/h21H,4-20H2,1-3H3. The third-order valence-corrected chi connectivity index (χ3v) is 7.22. The summed E-state index contributed by atoms with van der Waals surface area (Å²) >= 11 is 0. The van der Waals surface area contributed by atoms with E-state index in [1.807, 2.05) is 6.92 Å². The first-order valence-corrected chi connectivity index (χ1v) is 12.9. The second-order valence-electron chi connectivity index (χ2n) is 8.26. The Balaban J connectivity index is 2.20. The van der Waals surface area contributed by atoms with E-state index in [9.17, 15) is 8.42 Å². The molecule has 1 fully saturated rings. The van der Waals surface area contributed by atoms with Crippen LogP contribution in [0.2, 0.25) is 0 Å². The molecule has 1 aliphatic rings. The van der Waals surface area contributed by atoms with Crippen LogP contribution in [0.15, 0.2) is 0 Å². The van der Waals surface area contributed by atoms with E-state index in [-0.39, 0.29) is 6.61 Å². The van der Waals surface area contributed by atoms with Crippen LogP contribution in [0.4, 0.5) is 0 Å². The molecule has 2 atom stereocenters. The predicted molar refractivity (Wildman–Crippen MR) is 113 cm³/mol. The largest absolute Gasteiger partial charge is 0.400 e. The van der Waals surface area contributed by atoms with Gasteiger partial charge in [-0.1, -0.05) is 97.8 Å². The molecular formula is C22H44O4S. The van der Waals surface area contributed by atoms with Crippen LogP contribution in [0.25, 0.3) is 0 Å². The van der Waals surface area contributed by atoms with E-state index in [1.165, 1.54) is 51.4 Å². The van der Waals surface area contributed by atoms with E-state index in [4.69, 9.17) is 8.37 Å². The third-order valence-electron chi connectivity index (χ3n) is 6.23. The molecule has 0 aromatic carbocycles. The van der Waals surface area contributed by atoms with Gasteiger partial charge in [0, 0.05) is 0 Å². The van der Waals surface area contributed by atoms with Crippen molar-refractivity contribution in [2.45, 2.75) is 129 Å². The van der Waals surface area contributed by atoms with Gasteiger partial charge in [0.1, 0.15) is 0 Å². The smallest absolute Gasteiger partial charge is 0.248 e. The fraction of sp³-hybridized carbons (Fsp3) is 1.00. The number of rotatable bonds is 16. The summed E-state index contributed by atoms with van der Waals surface area (Å²) < 4.78 is 35.5. The molecule has 27 heavy (non-hydrogen) atoms. The molecule has 0 aromatic heterocycles. The van der Waals surface area contributed by atoms with Crippen LogP contribution >= 0.6 is 0 Å². The van der Waals surface area contributed by atoms with E-state index >= 15 is 0 Å². The summed E-state index contributed by atoms with van der Waals surface area (Å²) in [4.78, 5) is 0. The molecular weight excluding hydrogens is 360 g/mol. The quantitative estimate of drug-likeness (QED) is 0.262. The Bertz CT molecular complexity index is 463. The molecule has 2 unspecified atom stereocenters. The van der Waals surface area contributed by atoms with Crippen molar-refractivity contribution in [1.29, 1.82) is 0 Å². The minimum atomic E-state index is -3.91. The molecule has 0 saturated heterocycles. The average molecular weight is 405 g/mol. The summed E-state index contributed by atoms with van der Waals surface area (Å²) in [5.74, 6) is 0.312. The van der Waals surface area contributed by atoms with Crippen LogP contribution in [0.5, 0.6) is 0 Å². The predicted octanol–water partition coefficient (Wildman–Crippen LogP) is 6.93. The Hall–Kier alpha value is -0.130. The summed E-state index contributed by atoms with van der Waals surface area (Å²) in [5.41, 5.74) is -0.552. The SMILES string of the molecule is CCCCCCCCCCCCOS(=O)(=O)OC1(CC)CCCCC1CC. The van der Waals surface area contributed by atoms with Crippen molar-refractivity contribution in [1.82, 2.24) is 0 Å². The Morgan fingerprint density at radius 2 is 1.44 bits per heavy atom. The van der Waals surface area contributed by atoms with Crippen molar-refractivity contribution >= 4 is 10.4 Å². The van der Waals surface area contributed by atoms with Gasteiger partial charge in [-0.05, 0) is 31.6 Å². The lowest BCUT2D eigenvalue weighted by Crippen LogP contribution is -2.44. The highest BCUT2D eigenvalue weighted by Crippen LogP contribution is 2.42. The van der Waals surface area contributed by atoms with Crippen LogP contribution in [0.1, 0.15) is 124 Å². The molecule has 0 aliphatic heterocycles. The van der Waals surface area contributed by atoms with Gasteiger partial charge in [0.15, 0.2) is 0 Å². The molecule has 0 amide bonds. The Labute approximate surface area is 169 Å². The minimum absolute atomic E-state index is 0.245. The molecule has 0 heterocycles. The maximum absolute atomic E-state index is 12.3. The zero-order valence-corrected chi connectivity index (χ0v) is 19.0. The monoisotopic (exact) mass is 404 g/mol. The van der Waals surface area contributed by atoms with E-state index < -0.39 is 16.0 Å². The molecule has 1 saturated carbocycles. The van der Waals surface area contributed by atoms with Crippen molar-refractivity contribution in [2.75, 3.05) is 6.61 Å². The lowest BCUT2D eigenvalue weighted by molar-refractivity contribution is -0.0351. The second-order valence-corrected chi connectivity index (χ2v) is 9.48. The van der Waals surface area contributed by atoms with Crippen LogP contribution in [0.3, 0.4) is 0 Å². The van der Waals surface area contributed by atoms with Gasteiger partial charge in [-0.15, -0.1) is 0 Å². The molecule has 0 radical (unpaired) electrons. The molecule has 1 aliphatic carbocycles. The van der Waals surface area contributed by atoms with Gasteiger partial charge in [0.2, 0.25) is 0 Å². The van der Waals surface area contributed by atoms with Gasteiger partial charge < -0.3 is 0 Å². The first-order valence-electron chi connectivity index (χ1n) is 11.6. The Morgan fingerprint density at radius 3 is 2.00 bits per heavy atom. The zero-order chi connectivity index (χ0) is 20.0. The molecule has 4 nitrogen and oxygen atoms in total. The molecule has 0 spiro atoms.